The van der Waals surface area contributed by atoms with Gasteiger partial charge in [-0.15, -0.1) is 0 Å². The van der Waals surface area contributed by atoms with Gasteiger partial charge in [-0.05, 0) is 97.3 Å². The van der Waals surface area contributed by atoms with Crippen molar-refractivity contribution in [2.75, 3.05) is 13.6 Å². The maximum Gasteiger partial charge on any atom is 0.459 e. The standard InChI is InChI=1S/C36H49F8NO3/c1-32-16-15-24-23-14-13-22(46)19-26(23)31(37)25(30(24)27(32)20-28(47)33(32)17-18-33)11-9-7-5-3-4-6-8-10-12-29(48)45(2)21-34(38,39)35(40,41)36(42,43)44/h13-14,19,24-25,27-28,30-31,46-47H,3-12,15-18,20-21H2,1-2H3/t24?,25?,27?,28-,30?,31-,32+/m1/s1. The molecule has 4 unspecified atom stereocenters. The van der Waals surface area contributed by atoms with Crippen molar-refractivity contribution in [1.82, 2.24) is 4.90 Å². The van der Waals surface area contributed by atoms with Crippen LogP contribution in [0.1, 0.15) is 126 Å². The number of aliphatic hydroxyl groups excluding tert-OH is 1. The first-order valence-corrected chi connectivity index (χ1v) is 17.6. The van der Waals surface area contributed by atoms with E-state index >= 15 is 4.39 Å². The Balaban J connectivity index is 1.05. The molecule has 0 bridgehead atoms. The molecular weight excluding hydrogens is 646 g/mol. The Hall–Kier alpha value is -2.11. The number of amides is 1. The first kappa shape index (κ1) is 37.2. The second-order valence-corrected chi connectivity index (χ2v) is 15.4. The number of fused-ring (bicyclic) bond motifs is 6. The number of rotatable bonds is 14. The molecule has 0 aromatic heterocycles. The third-order valence-electron chi connectivity index (χ3n) is 12.8. The van der Waals surface area contributed by atoms with E-state index < -0.39 is 36.6 Å². The van der Waals surface area contributed by atoms with Crippen molar-refractivity contribution in [2.24, 2.45) is 28.6 Å². The fourth-order valence-electron chi connectivity index (χ4n) is 9.92. The van der Waals surface area contributed by atoms with Crippen LogP contribution in [0.4, 0.5) is 35.1 Å². The van der Waals surface area contributed by atoms with Gasteiger partial charge in [0.2, 0.25) is 5.91 Å². The molecule has 0 radical (unpaired) electrons. The number of hydrogen-bond donors (Lipinski definition) is 2. The van der Waals surface area contributed by atoms with E-state index in [-0.39, 0.29) is 57.7 Å². The molecule has 4 aliphatic rings. The van der Waals surface area contributed by atoms with Gasteiger partial charge in [0, 0.05) is 18.9 Å². The van der Waals surface area contributed by atoms with Crippen molar-refractivity contribution in [2.45, 2.75) is 139 Å². The normalized spacial score (nSPS) is 30.9. The Labute approximate surface area is 277 Å². The predicted molar refractivity (Wildman–Crippen MR) is 165 cm³/mol. The van der Waals surface area contributed by atoms with Crippen molar-refractivity contribution < 1.29 is 50.1 Å². The zero-order chi connectivity index (χ0) is 35.3. The summed E-state index contributed by atoms with van der Waals surface area (Å²) in [5, 5.41) is 21.3. The Morgan fingerprint density at radius 2 is 1.52 bits per heavy atom. The van der Waals surface area contributed by atoms with Crippen LogP contribution in [0.2, 0.25) is 0 Å². The lowest BCUT2D eigenvalue weighted by Gasteiger charge is -2.54. The van der Waals surface area contributed by atoms with E-state index in [1.165, 1.54) is 0 Å². The molecule has 4 aliphatic carbocycles. The van der Waals surface area contributed by atoms with Gasteiger partial charge < -0.3 is 15.1 Å². The van der Waals surface area contributed by atoms with Gasteiger partial charge >= 0.3 is 18.0 Å². The van der Waals surface area contributed by atoms with Crippen LogP contribution in [0.3, 0.4) is 0 Å². The van der Waals surface area contributed by atoms with Crippen LogP contribution in [0.15, 0.2) is 18.2 Å². The highest BCUT2D eigenvalue weighted by Gasteiger charge is 2.73. The van der Waals surface area contributed by atoms with Gasteiger partial charge in [-0.3, -0.25) is 4.79 Å². The van der Waals surface area contributed by atoms with Gasteiger partial charge in [-0.25, -0.2) is 4.39 Å². The Kier molecular flexibility index (Phi) is 10.5. The number of nitrogens with zero attached hydrogens (tertiary/aromatic N) is 1. The van der Waals surface area contributed by atoms with Gasteiger partial charge in [0.05, 0.1) is 12.6 Å². The first-order valence-electron chi connectivity index (χ1n) is 17.6. The molecule has 1 aromatic carbocycles. The van der Waals surface area contributed by atoms with Crippen molar-refractivity contribution in [3.05, 3.63) is 29.3 Å². The molecule has 2 N–H and O–H groups in total. The van der Waals surface area contributed by atoms with Crippen molar-refractivity contribution in [3.8, 4) is 5.75 Å². The molecule has 272 valence electrons. The van der Waals surface area contributed by atoms with Crippen LogP contribution in [0.5, 0.6) is 5.75 Å². The first-order chi connectivity index (χ1) is 22.4. The third kappa shape index (κ3) is 6.57. The van der Waals surface area contributed by atoms with Gasteiger partial charge in [0.1, 0.15) is 11.9 Å². The van der Waals surface area contributed by atoms with Crippen LogP contribution < -0.4 is 0 Å². The number of aliphatic hydroxyl groups is 1. The van der Waals surface area contributed by atoms with Gasteiger partial charge in [-0.2, -0.15) is 30.7 Å². The molecule has 3 saturated carbocycles. The largest absolute Gasteiger partial charge is 0.508 e. The van der Waals surface area contributed by atoms with Gasteiger partial charge in [-0.1, -0.05) is 57.9 Å². The van der Waals surface area contributed by atoms with E-state index in [1.807, 2.05) is 6.07 Å². The quantitative estimate of drug-likeness (QED) is 0.151. The van der Waals surface area contributed by atoms with Crippen molar-refractivity contribution in [1.29, 1.82) is 0 Å². The van der Waals surface area contributed by atoms with Crippen LogP contribution in [-0.2, 0) is 4.79 Å². The van der Waals surface area contributed by atoms with Gasteiger partial charge in [0.25, 0.3) is 0 Å². The molecule has 0 saturated heterocycles. The number of phenols is 1. The van der Waals surface area contributed by atoms with E-state index in [2.05, 4.69) is 6.92 Å². The molecule has 7 atom stereocenters. The highest BCUT2D eigenvalue weighted by molar-refractivity contribution is 5.75. The lowest BCUT2D eigenvalue weighted by atomic mass is 9.50. The Morgan fingerprint density at radius 1 is 0.917 bits per heavy atom. The smallest absolute Gasteiger partial charge is 0.459 e. The minimum atomic E-state index is -6.43. The molecular formula is C36H49F8NO3. The second-order valence-electron chi connectivity index (χ2n) is 15.4. The minimum Gasteiger partial charge on any atom is -0.508 e. The Bertz CT molecular complexity index is 1300. The zero-order valence-corrected chi connectivity index (χ0v) is 27.8. The van der Waals surface area contributed by atoms with E-state index in [0.29, 0.717) is 18.4 Å². The SMILES string of the molecule is CN(CC(F)(F)C(F)(F)C(F)(F)F)C(=O)CCCCCCCCCCC1C2C(CC[C@@]3(C)C2C[C@@H](O)C32CC2)c2ccc(O)cc2[C@@H]1F. The summed E-state index contributed by atoms with van der Waals surface area (Å²) >= 11 is 0. The summed E-state index contributed by atoms with van der Waals surface area (Å²) in [6.45, 7) is 0.307. The average Bonchev–Trinajstić information content (AvgIpc) is 3.79. The van der Waals surface area contributed by atoms with Gasteiger partial charge in [0.15, 0.2) is 0 Å². The number of alkyl halides is 8. The van der Waals surface area contributed by atoms with Crippen LogP contribution in [0, 0.1) is 28.6 Å². The monoisotopic (exact) mass is 695 g/mol. The number of unbranched alkanes of at least 4 members (excludes halogenated alkanes) is 7. The number of carbonyl (C=O) groups excluding carboxylic acids is 1. The molecule has 1 spiro atoms. The fraction of sp³-hybridized carbons (Fsp3) is 0.806. The van der Waals surface area contributed by atoms with Crippen LogP contribution in [-0.4, -0.2) is 58.7 Å². The predicted octanol–water partition coefficient (Wildman–Crippen LogP) is 9.89. The number of carbonyl (C=O) groups is 1. The van der Waals surface area contributed by atoms with E-state index in [4.69, 9.17) is 0 Å². The fourth-order valence-corrected chi connectivity index (χ4v) is 9.92. The summed E-state index contributed by atoms with van der Waals surface area (Å²) in [6.07, 6.45) is 3.53. The highest BCUT2D eigenvalue weighted by Crippen LogP contribution is 2.77. The summed E-state index contributed by atoms with van der Waals surface area (Å²) in [7, 11) is 0.789. The summed E-state index contributed by atoms with van der Waals surface area (Å²) in [5.74, 6) is -12.1. The maximum absolute atomic E-state index is 16.4. The molecule has 48 heavy (non-hydrogen) atoms. The highest BCUT2D eigenvalue weighted by atomic mass is 19.4. The molecule has 12 heteroatoms. The topological polar surface area (TPSA) is 60.8 Å². The lowest BCUT2D eigenvalue weighted by Crippen LogP contribution is -2.57. The van der Waals surface area contributed by atoms with E-state index in [1.54, 1.807) is 12.1 Å². The zero-order valence-electron chi connectivity index (χ0n) is 27.8. The number of benzene rings is 1. The second kappa shape index (κ2) is 13.5. The molecule has 3 fully saturated rings. The summed E-state index contributed by atoms with van der Waals surface area (Å²) < 4.78 is 107. The number of phenolic OH excluding ortho intramolecular Hbond substituents is 1. The number of aromatic hydroxyl groups is 1. The van der Waals surface area contributed by atoms with E-state index in [0.717, 1.165) is 89.7 Å². The van der Waals surface area contributed by atoms with Crippen molar-refractivity contribution in [3.63, 3.8) is 0 Å². The summed E-state index contributed by atoms with van der Waals surface area (Å²) in [4.78, 5) is 12.3. The number of hydrogen-bond acceptors (Lipinski definition) is 3. The maximum atomic E-state index is 16.4. The molecule has 0 aliphatic heterocycles. The number of halogens is 8. The lowest BCUT2D eigenvalue weighted by molar-refractivity contribution is -0.355. The Morgan fingerprint density at radius 3 is 2.12 bits per heavy atom. The third-order valence-corrected chi connectivity index (χ3v) is 12.8. The average molecular weight is 696 g/mol. The minimum absolute atomic E-state index is 0.0134. The molecule has 1 aromatic rings. The van der Waals surface area contributed by atoms with Crippen molar-refractivity contribution >= 4 is 5.91 Å². The molecule has 5 rings (SSSR count). The summed E-state index contributed by atoms with van der Waals surface area (Å²) in [5.41, 5.74) is 1.64. The molecule has 0 heterocycles. The summed E-state index contributed by atoms with van der Waals surface area (Å²) in [6, 6.07) is 5.15. The van der Waals surface area contributed by atoms with E-state index in [9.17, 15) is 45.7 Å². The van der Waals surface area contributed by atoms with Crippen LogP contribution >= 0.6 is 0 Å². The van der Waals surface area contributed by atoms with Crippen LogP contribution in [0.25, 0.3) is 0 Å². The molecule has 4 nitrogen and oxygen atoms in total. The molecule has 1 amide bonds.